The first-order valence-corrected chi connectivity index (χ1v) is 8.30. The van der Waals surface area contributed by atoms with Gasteiger partial charge in [0.25, 0.3) is 0 Å². The molecule has 7 nitrogen and oxygen atoms in total. The number of aromatic nitrogens is 2. The summed E-state index contributed by atoms with van der Waals surface area (Å²) in [5.74, 6) is 1.54. The van der Waals surface area contributed by atoms with Gasteiger partial charge in [-0.25, -0.2) is 4.79 Å². The first kappa shape index (κ1) is 17.8. The van der Waals surface area contributed by atoms with Gasteiger partial charge >= 0.3 is 6.03 Å². The molecule has 0 aliphatic carbocycles. The van der Waals surface area contributed by atoms with Gasteiger partial charge in [-0.1, -0.05) is 35.0 Å². The molecule has 0 atom stereocenters. The van der Waals surface area contributed by atoms with E-state index >= 15 is 0 Å². The highest BCUT2D eigenvalue weighted by Crippen LogP contribution is 2.27. The van der Waals surface area contributed by atoms with Crippen LogP contribution < -0.4 is 15.4 Å². The van der Waals surface area contributed by atoms with Gasteiger partial charge < -0.3 is 19.9 Å². The molecule has 2 amide bonds. The number of amides is 2. The van der Waals surface area contributed by atoms with E-state index in [9.17, 15) is 4.79 Å². The monoisotopic (exact) mass is 372 g/mol. The molecule has 0 bridgehead atoms. The van der Waals surface area contributed by atoms with Crippen molar-refractivity contribution in [3.63, 3.8) is 0 Å². The minimum absolute atomic E-state index is 0.336. The summed E-state index contributed by atoms with van der Waals surface area (Å²) in [6, 6.07) is 14.0. The molecule has 3 rings (SSSR count). The predicted octanol–water partition coefficient (Wildman–Crippen LogP) is 3.76. The Bertz CT molecular complexity index is 897. The van der Waals surface area contributed by atoms with Crippen LogP contribution >= 0.6 is 11.6 Å². The number of benzene rings is 2. The Morgan fingerprint density at radius 3 is 2.88 bits per heavy atom. The molecule has 134 valence electrons. The van der Waals surface area contributed by atoms with Gasteiger partial charge in [0.1, 0.15) is 5.75 Å². The predicted molar refractivity (Wildman–Crippen MR) is 98.5 cm³/mol. The summed E-state index contributed by atoms with van der Waals surface area (Å²) in [7, 11) is 1.59. The van der Waals surface area contributed by atoms with E-state index in [2.05, 4.69) is 20.8 Å². The summed E-state index contributed by atoms with van der Waals surface area (Å²) in [6.45, 7) is 0.347. The SMILES string of the molecule is COc1ccccc1-c1noc(CCNC(=O)Nc2cccc(Cl)c2)n1. The fraction of sp³-hybridized carbons (Fsp3) is 0.167. The van der Waals surface area contributed by atoms with E-state index in [1.807, 2.05) is 24.3 Å². The van der Waals surface area contributed by atoms with Gasteiger partial charge in [-0.15, -0.1) is 0 Å². The molecule has 8 heteroatoms. The second-order valence-corrected chi connectivity index (χ2v) is 5.79. The standard InChI is InChI=1S/C18H17ClN4O3/c1-25-15-8-3-2-7-14(15)17-22-16(26-23-17)9-10-20-18(24)21-13-6-4-5-12(19)11-13/h2-8,11H,9-10H2,1H3,(H2,20,21,24). The van der Waals surface area contributed by atoms with Crippen molar-refractivity contribution in [1.29, 1.82) is 0 Å². The van der Waals surface area contributed by atoms with Gasteiger partial charge in [-0.3, -0.25) is 0 Å². The Hall–Kier alpha value is -3.06. The number of hydrogen-bond donors (Lipinski definition) is 2. The van der Waals surface area contributed by atoms with Crippen molar-refractivity contribution in [3.05, 3.63) is 59.4 Å². The van der Waals surface area contributed by atoms with Crippen molar-refractivity contribution in [3.8, 4) is 17.1 Å². The van der Waals surface area contributed by atoms with Crippen LogP contribution in [-0.2, 0) is 6.42 Å². The van der Waals surface area contributed by atoms with Gasteiger partial charge in [0.05, 0.1) is 12.7 Å². The normalized spacial score (nSPS) is 10.4. The lowest BCUT2D eigenvalue weighted by molar-refractivity contribution is 0.252. The Kier molecular flexibility index (Phi) is 5.70. The molecule has 0 unspecified atom stereocenters. The highest BCUT2D eigenvalue weighted by molar-refractivity contribution is 6.30. The van der Waals surface area contributed by atoms with Crippen LogP contribution in [0.15, 0.2) is 53.1 Å². The molecule has 0 radical (unpaired) electrons. The maximum atomic E-state index is 11.9. The van der Waals surface area contributed by atoms with Crippen LogP contribution in [0.2, 0.25) is 5.02 Å². The molecule has 0 saturated carbocycles. The van der Waals surface area contributed by atoms with E-state index in [4.69, 9.17) is 20.9 Å². The number of ether oxygens (including phenoxy) is 1. The Morgan fingerprint density at radius 2 is 2.08 bits per heavy atom. The molecular formula is C18H17ClN4O3. The zero-order valence-electron chi connectivity index (χ0n) is 14.0. The lowest BCUT2D eigenvalue weighted by Gasteiger charge is -2.06. The van der Waals surface area contributed by atoms with Crippen LogP contribution in [0.25, 0.3) is 11.4 Å². The van der Waals surface area contributed by atoms with Gasteiger partial charge in [0.15, 0.2) is 0 Å². The molecule has 1 aromatic heterocycles. The van der Waals surface area contributed by atoms with Crippen molar-refractivity contribution in [1.82, 2.24) is 15.5 Å². The summed E-state index contributed by atoms with van der Waals surface area (Å²) in [6.07, 6.45) is 0.408. The second kappa shape index (κ2) is 8.35. The lowest BCUT2D eigenvalue weighted by atomic mass is 10.2. The third-order valence-corrected chi connectivity index (χ3v) is 3.76. The smallest absolute Gasteiger partial charge is 0.319 e. The van der Waals surface area contributed by atoms with Crippen molar-refractivity contribution in [2.75, 3.05) is 19.0 Å². The quantitative estimate of drug-likeness (QED) is 0.687. The number of hydrogen-bond acceptors (Lipinski definition) is 5. The number of nitrogens with zero attached hydrogens (tertiary/aromatic N) is 2. The summed E-state index contributed by atoms with van der Waals surface area (Å²) in [5.41, 5.74) is 1.36. The fourth-order valence-electron chi connectivity index (χ4n) is 2.32. The maximum Gasteiger partial charge on any atom is 0.319 e. The third-order valence-electron chi connectivity index (χ3n) is 3.52. The molecule has 0 spiro atoms. The van der Waals surface area contributed by atoms with Crippen LogP contribution in [0.1, 0.15) is 5.89 Å². The van der Waals surface area contributed by atoms with Gasteiger partial charge in [0.2, 0.25) is 11.7 Å². The van der Waals surface area contributed by atoms with Crippen LogP contribution in [0.3, 0.4) is 0 Å². The van der Waals surface area contributed by atoms with E-state index in [1.54, 1.807) is 31.4 Å². The lowest BCUT2D eigenvalue weighted by Crippen LogP contribution is -2.30. The van der Waals surface area contributed by atoms with Crippen LogP contribution in [0, 0.1) is 0 Å². The van der Waals surface area contributed by atoms with E-state index in [1.165, 1.54) is 0 Å². The highest BCUT2D eigenvalue weighted by atomic mass is 35.5. The van der Waals surface area contributed by atoms with Crippen LogP contribution in [-0.4, -0.2) is 29.8 Å². The number of methoxy groups -OCH3 is 1. The highest BCUT2D eigenvalue weighted by Gasteiger charge is 2.13. The van der Waals surface area contributed by atoms with Crippen LogP contribution in [0.4, 0.5) is 10.5 Å². The number of para-hydroxylation sites is 1. The Labute approximate surface area is 155 Å². The van der Waals surface area contributed by atoms with Gasteiger partial charge in [-0.2, -0.15) is 4.98 Å². The number of rotatable bonds is 6. The Morgan fingerprint density at radius 1 is 1.23 bits per heavy atom. The number of carbonyl (C=O) groups excluding carboxylic acids is 1. The van der Waals surface area contributed by atoms with Crippen molar-refractivity contribution in [2.24, 2.45) is 0 Å². The minimum Gasteiger partial charge on any atom is -0.496 e. The molecule has 2 N–H and O–H groups in total. The largest absolute Gasteiger partial charge is 0.496 e. The average molecular weight is 373 g/mol. The molecule has 0 fully saturated rings. The topological polar surface area (TPSA) is 89.3 Å². The van der Waals surface area contributed by atoms with Gasteiger partial charge in [-0.05, 0) is 30.3 Å². The number of halogens is 1. The van der Waals surface area contributed by atoms with E-state index in [0.717, 1.165) is 5.56 Å². The summed E-state index contributed by atoms with van der Waals surface area (Å²) in [4.78, 5) is 16.2. The molecular weight excluding hydrogens is 356 g/mol. The number of nitrogens with one attached hydrogen (secondary N) is 2. The molecule has 0 aliphatic rings. The number of carbonyl (C=O) groups is 1. The molecule has 2 aromatic carbocycles. The van der Waals surface area contributed by atoms with Crippen molar-refractivity contribution >= 4 is 23.3 Å². The average Bonchev–Trinajstić information content (AvgIpc) is 3.10. The van der Waals surface area contributed by atoms with Crippen molar-refractivity contribution in [2.45, 2.75) is 6.42 Å². The summed E-state index contributed by atoms with van der Waals surface area (Å²) >= 11 is 5.88. The van der Waals surface area contributed by atoms with Crippen LogP contribution in [0.5, 0.6) is 5.75 Å². The van der Waals surface area contributed by atoms with Gasteiger partial charge in [0, 0.05) is 23.7 Å². The van der Waals surface area contributed by atoms with E-state index in [0.29, 0.717) is 41.1 Å². The number of urea groups is 1. The Balaban J connectivity index is 1.53. The summed E-state index contributed by atoms with van der Waals surface area (Å²) in [5, 5.41) is 9.94. The second-order valence-electron chi connectivity index (χ2n) is 5.35. The third kappa shape index (κ3) is 4.52. The minimum atomic E-state index is -0.336. The molecule has 0 aliphatic heterocycles. The van der Waals surface area contributed by atoms with Crippen molar-refractivity contribution < 1.29 is 14.1 Å². The van der Waals surface area contributed by atoms with E-state index in [-0.39, 0.29) is 6.03 Å². The fourth-order valence-corrected chi connectivity index (χ4v) is 2.51. The molecule has 1 heterocycles. The first-order chi connectivity index (χ1) is 12.7. The molecule has 26 heavy (non-hydrogen) atoms. The van der Waals surface area contributed by atoms with E-state index < -0.39 is 0 Å². The molecule has 3 aromatic rings. The summed E-state index contributed by atoms with van der Waals surface area (Å²) < 4.78 is 10.5. The molecule has 0 saturated heterocycles. The zero-order chi connectivity index (χ0) is 18.4. The number of anilines is 1. The maximum absolute atomic E-state index is 11.9. The zero-order valence-corrected chi connectivity index (χ0v) is 14.8. The first-order valence-electron chi connectivity index (χ1n) is 7.92.